The van der Waals surface area contributed by atoms with Gasteiger partial charge in [0.25, 0.3) is 10.0 Å². The van der Waals surface area contributed by atoms with Gasteiger partial charge in [0.1, 0.15) is 13.2 Å². The van der Waals surface area contributed by atoms with Gasteiger partial charge in [-0.05, 0) is 49.7 Å². The van der Waals surface area contributed by atoms with Crippen LogP contribution in [-0.4, -0.2) is 27.7 Å². The zero-order chi connectivity index (χ0) is 17.9. The van der Waals surface area contributed by atoms with Crippen LogP contribution in [0.25, 0.3) is 0 Å². The van der Waals surface area contributed by atoms with Gasteiger partial charge in [-0.1, -0.05) is 6.92 Å². The van der Waals surface area contributed by atoms with Gasteiger partial charge in [0.2, 0.25) is 0 Å². The average Bonchev–Trinajstić information content (AvgIpc) is 2.62. The van der Waals surface area contributed by atoms with Gasteiger partial charge in [0, 0.05) is 23.5 Å². The standard InChI is InChI=1S/C18H22N2O4S/c1-3-13(2)19-14-4-6-15(7-5-14)20-25(21,22)16-8-9-17-18(12-16)24-11-10-23-17/h4-9,12-13,19-20H,3,10-11H2,1-2H3. The Morgan fingerprint density at radius 3 is 2.32 bits per heavy atom. The van der Waals surface area contributed by atoms with Crippen LogP contribution in [-0.2, 0) is 10.0 Å². The fourth-order valence-corrected chi connectivity index (χ4v) is 3.50. The van der Waals surface area contributed by atoms with Crippen LogP contribution in [0, 0.1) is 0 Å². The first kappa shape index (κ1) is 17.4. The number of rotatable bonds is 6. The zero-order valence-corrected chi connectivity index (χ0v) is 15.1. The highest BCUT2D eigenvalue weighted by Gasteiger charge is 2.19. The minimum absolute atomic E-state index is 0.138. The highest BCUT2D eigenvalue weighted by molar-refractivity contribution is 7.92. The second kappa shape index (κ2) is 7.23. The van der Waals surface area contributed by atoms with E-state index in [4.69, 9.17) is 9.47 Å². The van der Waals surface area contributed by atoms with E-state index in [1.807, 2.05) is 12.1 Å². The molecule has 1 aliphatic rings. The van der Waals surface area contributed by atoms with Crippen molar-refractivity contribution < 1.29 is 17.9 Å². The first-order chi connectivity index (χ1) is 12.0. The van der Waals surface area contributed by atoms with E-state index >= 15 is 0 Å². The highest BCUT2D eigenvalue weighted by atomic mass is 32.2. The van der Waals surface area contributed by atoms with Crippen LogP contribution >= 0.6 is 0 Å². The molecule has 7 heteroatoms. The van der Waals surface area contributed by atoms with Crippen molar-refractivity contribution in [2.75, 3.05) is 23.3 Å². The van der Waals surface area contributed by atoms with E-state index in [2.05, 4.69) is 23.9 Å². The Kier molecular flexibility index (Phi) is 5.03. The van der Waals surface area contributed by atoms with Crippen molar-refractivity contribution in [1.29, 1.82) is 0 Å². The van der Waals surface area contributed by atoms with E-state index in [1.54, 1.807) is 18.2 Å². The molecule has 1 atom stereocenters. The summed E-state index contributed by atoms with van der Waals surface area (Å²) in [4.78, 5) is 0.138. The maximum absolute atomic E-state index is 12.6. The molecule has 134 valence electrons. The van der Waals surface area contributed by atoms with E-state index in [1.165, 1.54) is 12.1 Å². The third-order valence-corrected chi connectivity index (χ3v) is 5.37. The number of anilines is 2. The molecular weight excluding hydrogens is 340 g/mol. The van der Waals surface area contributed by atoms with Crippen LogP contribution in [0.3, 0.4) is 0 Å². The van der Waals surface area contributed by atoms with Gasteiger partial charge in [-0.3, -0.25) is 4.72 Å². The summed E-state index contributed by atoms with van der Waals surface area (Å²) in [5.74, 6) is 1.01. The molecule has 0 saturated carbocycles. The molecule has 0 aliphatic carbocycles. The zero-order valence-electron chi connectivity index (χ0n) is 14.3. The summed E-state index contributed by atoms with van der Waals surface area (Å²) < 4.78 is 38.6. The first-order valence-electron chi connectivity index (χ1n) is 8.27. The Hall–Kier alpha value is -2.41. The van der Waals surface area contributed by atoms with E-state index < -0.39 is 10.0 Å². The summed E-state index contributed by atoms with van der Waals surface area (Å²) in [5, 5.41) is 3.34. The summed E-state index contributed by atoms with van der Waals surface area (Å²) in [6, 6.07) is 12.1. The molecule has 0 saturated heterocycles. The van der Waals surface area contributed by atoms with Gasteiger partial charge < -0.3 is 14.8 Å². The molecule has 25 heavy (non-hydrogen) atoms. The van der Waals surface area contributed by atoms with Gasteiger partial charge >= 0.3 is 0 Å². The van der Waals surface area contributed by atoms with Crippen LogP contribution in [0.5, 0.6) is 11.5 Å². The van der Waals surface area contributed by atoms with Crippen molar-refractivity contribution in [3.8, 4) is 11.5 Å². The molecule has 0 fully saturated rings. The second-order valence-electron chi connectivity index (χ2n) is 5.94. The molecule has 2 N–H and O–H groups in total. The van der Waals surface area contributed by atoms with E-state index in [0.29, 0.717) is 36.4 Å². The van der Waals surface area contributed by atoms with Crippen LogP contribution in [0.15, 0.2) is 47.4 Å². The smallest absolute Gasteiger partial charge is 0.262 e. The number of fused-ring (bicyclic) bond motifs is 1. The number of benzene rings is 2. The highest BCUT2D eigenvalue weighted by Crippen LogP contribution is 2.32. The minimum Gasteiger partial charge on any atom is -0.486 e. The van der Waals surface area contributed by atoms with Gasteiger partial charge in [-0.15, -0.1) is 0 Å². The molecule has 2 aromatic rings. The van der Waals surface area contributed by atoms with Crippen LogP contribution in [0.1, 0.15) is 20.3 Å². The molecule has 0 aromatic heterocycles. The number of hydrogen-bond donors (Lipinski definition) is 2. The Labute approximate surface area is 148 Å². The lowest BCUT2D eigenvalue weighted by Crippen LogP contribution is -2.17. The molecule has 0 bridgehead atoms. The van der Waals surface area contributed by atoms with Crippen molar-refractivity contribution in [2.24, 2.45) is 0 Å². The van der Waals surface area contributed by atoms with E-state index in [0.717, 1.165) is 12.1 Å². The van der Waals surface area contributed by atoms with Crippen molar-refractivity contribution in [3.05, 3.63) is 42.5 Å². The number of nitrogens with one attached hydrogen (secondary N) is 2. The quantitative estimate of drug-likeness (QED) is 0.823. The van der Waals surface area contributed by atoms with E-state index in [-0.39, 0.29) is 4.90 Å². The Morgan fingerprint density at radius 2 is 1.64 bits per heavy atom. The predicted octanol–water partition coefficient (Wildman–Crippen LogP) is 3.47. The first-order valence-corrected chi connectivity index (χ1v) is 9.75. The van der Waals surface area contributed by atoms with Crippen molar-refractivity contribution in [3.63, 3.8) is 0 Å². The Bertz CT molecular complexity index is 835. The molecule has 1 aliphatic heterocycles. The molecule has 0 spiro atoms. The number of hydrogen-bond acceptors (Lipinski definition) is 5. The molecule has 1 heterocycles. The summed E-state index contributed by atoms with van der Waals surface area (Å²) in [6.07, 6.45) is 1.01. The lowest BCUT2D eigenvalue weighted by atomic mass is 10.2. The van der Waals surface area contributed by atoms with Crippen molar-refractivity contribution in [1.82, 2.24) is 0 Å². The summed E-state index contributed by atoms with van der Waals surface area (Å²) >= 11 is 0. The third-order valence-electron chi connectivity index (χ3n) is 3.99. The van der Waals surface area contributed by atoms with E-state index in [9.17, 15) is 8.42 Å². The third kappa shape index (κ3) is 4.17. The van der Waals surface area contributed by atoms with Gasteiger partial charge in [0.05, 0.1) is 4.90 Å². The average molecular weight is 362 g/mol. The molecule has 0 amide bonds. The molecule has 1 unspecified atom stereocenters. The topological polar surface area (TPSA) is 76.7 Å². The van der Waals surface area contributed by atoms with Crippen molar-refractivity contribution >= 4 is 21.4 Å². The predicted molar refractivity (Wildman–Crippen MR) is 98.1 cm³/mol. The van der Waals surface area contributed by atoms with Crippen LogP contribution < -0.4 is 19.5 Å². The fraction of sp³-hybridized carbons (Fsp3) is 0.333. The number of ether oxygens (including phenoxy) is 2. The monoisotopic (exact) mass is 362 g/mol. The fourth-order valence-electron chi connectivity index (χ4n) is 2.43. The summed E-state index contributed by atoms with van der Waals surface area (Å²) in [7, 11) is -3.69. The maximum Gasteiger partial charge on any atom is 0.262 e. The largest absolute Gasteiger partial charge is 0.486 e. The second-order valence-corrected chi connectivity index (χ2v) is 7.62. The van der Waals surface area contributed by atoms with Crippen LogP contribution in [0.2, 0.25) is 0 Å². The maximum atomic E-state index is 12.6. The van der Waals surface area contributed by atoms with Crippen molar-refractivity contribution in [2.45, 2.75) is 31.2 Å². The lowest BCUT2D eigenvalue weighted by molar-refractivity contribution is 0.171. The Morgan fingerprint density at radius 1 is 1.00 bits per heavy atom. The Balaban J connectivity index is 1.75. The molecule has 2 aromatic carbocycles. The lowest BCUT2D eigenvalue weighted by Gasteiger charge is -2.19. The van der Waals surface area contributed by atoms with Crippen LogP contribution in [0.4, 0.5) is 11.4 Å². The molecule has 3 rings (SSSR count). The van der Waals surface area contributed by atoms with Gasteiger partial charge in [0.15, 0.2) is 11.5 Å². The minimum atomic E-state index is -3.69. The SMILES string of the molecule is CCC(C)Nc1ccc(NS(=O)(=O)c2ccc3c(c2)OCCO3)cc1. The normalized spacial score (nSPS) is 14.6. The van der Waals surface area contributed by atoms with Gasteiger partial charge in [-0.25, -0.2) is 8.42 Å². The molecule has 6 nitrogen and oxygen atoms in total. The summed E-state index contributed by atoms with van der Waals surface area (Å²) in [6.45, 7) is 5.08. The summed E-state index contributed by atoms with van der Waals surface area (Å²) in [5.41, 5.74) is 1.46. The van der Waals surface area contributed by atoms with Gasteiger partial charge in [-0.2, -0.15) is 0 Å². The molecular formula is C18H22N2O4S. The number of sulfonamides is 1. The molecule has 0 radical (unpaired) electrons.